The summed E-state index contributed by atoms with van der Waals surface area (Å²) in [5.74, 6) is 0.988. The van der Waals surface area contributed by atoms with Crippen LogP contribution in [0.5, 0.6) is 5.75 Å². The highest BCUT2D eigenvalue weighted by Crippen LogP contribution is 2.22. The van der Waals surface area contributed by atoms with Gasteiger partial charge in [-0.3, -0.25) is 9.10 Å². The van der Waals surface area contributed by atoms with Gasteiger partial charge in [0, 0.05) is 30.7 Å². The van der Waals surface area contributed by atoms with Gasteiger partial charge in [-0.25, -0.2) is 13.4 Å². The Hall–Kier alpha value is -3.33. The molecule has 0 aliphatic heterocycles. The average Bonchev–Trinajstić information content (AvgIpc) is 3.16. The van der Waals surface area contributed by atoms with E-state index in [0.29, 0.717) is 11.4 Å². The molecule has 9 heteroatoms. The Balaban J connectivity index is 1.65. The molecule has 1 heterocycles. The number of amides is 1. The normalized spacial score (nSPS) is 11.2. The Kier molecular flexibility index (Phi) is 6.41. The summed E-state index contributed by atoms with van der Waals surface area (Å²) in [7, 11) is -2.15. The van der Waals surface area contributed by atoms with Crippen molar-refractivity contribution < 1.29 is 17.9 Å². The summed E-state index contributed by atoms with van der Waals surface area (Å²) in [5, 5.41) is 2.77. The van der Waals surface area contributed by atoms with Gasteiger partial charge in [0.05, 0.1) is 19.1 Å². The van der Waals surface area contributed by atoms with Crippen molar-refractivity contribution in [3.05, 3.63) is 72.3 Å². The molecule has 1 amide bonds. The molecule has 3 rings (SSSR count). The van der Waals surface area contributed by atoms with Gasteiger partial charge in [-0.2, -0.15) is 0 Å². The highest BCUT2D eigenvalue weighted by molar-refractivity contribution is 7.92. The van der Waals surface area contributed by atoms with E-state index in [9.17, 15) is 13.2 Å². The van der Waals surface area contributed by atoms with E-state index in [1.54, 1.807) is 30.5 Å². The van der Waals surface area contributed by atoms with Crippen molar-refractivity contribution in [3.63, 3.8) is 0 Å². The number of carbonyl (C=O) groups is 1. The van der Waals surface area contributed by atoms with Gasteiger partial charge in [-0.15, -0.1) is 0 Å². The predicted octanol–water partition coefficient (Wildman–Crippen LogP) is 2.27. The van der Waals surface area contributed by atoms with Crippen LogP contribution >= 0.6 is 0 Å². The molecule has 0 bridgehead atoms. The largest absolute Gasteiger partial charge is 0.497 e. The third-order valence-electron chi connectivity index (χ3n) is 4.56. The van der Waals surface area contributed by atoms with E-state index in [1.807, 2.05) is 42.0 Å². The molecule has 0 spiro atoms. The number of benzene rings is 2. The Labute approximate surface area is 176 Å². The summed E-state index contributed by atoms with van der Waals surface area (Å²) in [6, 6.07) is 14.3. The van der Waals surface area contributed by atoms with Crippen molar-refractivity contribution in [2.75, 3.05) is 24.2 Å². The molecule has 0 unspecified atom stereocenters. The van der Waals surface area contributed by atoms with Crippen LogP contribution in [0.2, 0.25) is 0 Å². The lowest BCUT2D eigenvalue weighted by Gasteiger charge is -2.22. The van der Waals surface area contributed by atoms with Gasteiger partial charge in [-0.1, -0.05) is 18.2 Å². The fourth-order valence-corrected chi connectivity index (χ4v) is 3.83. The minimum atomic E-state index is -3.65. The smallest absolute Gasteiger partial charge is 0.241 e. The lowest BCUT2D eigenvalue weighted by atomic mass is 10.2. The lowest BCUT2D eigenvalue weighted by molar-refractivity contribution is -0.119. The van der Waals surface area contributed by atoms with Crippen LogP contribution in [0.25, 0.3) is 5.69 Å². The van der Waals surface area contributed by atoms with Crippen LogP contribution in [0, 0.1) is 6.92 Å². The molecule has 0 saturated carbocycles. The van der Waals surface area contributed by atoms with Crippen LogP contribution in [0.3, 0.4) is 0 Å². The molecule has 0 aliphatic carbocycles. The van der Waals surface area contributed by atoms with Gasteiger partial charge < -0.3 is 14.6 Å². The van der Waals surface area contributed by atoms with E-state index >= 15 is 0 Å². The number of sulfonamides is 1. The highest BCUT2D eigenvalue weighted by atomic mass is 32.2. The van der Waals surface area contributed by atoms with Crippen LogP contribution in [0.4, 0.5) is 5.69 Å². The second-order valence-corrected chi connectivity index (χ2v) is 8.67. The Morgan fingerprint density at radius 2 is 1.93 bits per heavy atom. The number of anilines is 1. The Morgan fingerprint density at radius 3 is 2.53 bits per heavy atom. The van der Waals surface area contributed by atoms with Gasteiger partial charge in [0.25, 0.3) is 0 Å². The molecule has 0 atom stereocenters. The summed E-state index contributed by atoms with van der Waals surface area (Å²) in [4.78, 5) is 16.6. The van der Waals surface area contributed by atoms with Gasteiger partial charge >= 0.3 is 0 Å². The second-order valence-electron chi connectivity index (χ2n) is 6.76. The zero-order valence-corrected chi connectivity index (χ0v) is 17.9. The number of carbonyl (C=O) groups excluding carboxylic acids is 1. The average molecular weight is 429 g/mol. The number of aromatic nitrogens is 2. The maximum absolute atomic E-state index is 12.4. The first-order chi connectivity index (χ1) is 14.3. The molecule has 3 aromatic rings. The summed E-state index contributed by atoms with van der Waals surface area (Å²) in [6.45, 7) is 1.89. The summed E-state index contributed by atoms with van der Waals surface area (Å²) < 4.78 is 32.6. The first-order valence-electron chi connectivity index (χ1n) is 9.25. The fourth-order valence-electron chi connectivity index (χ4n) is 2.98. The molecule has 8 nitrogen and oxygen atoms in total. The SMILES string of the molecule is COc1cccc(N(CC(=O)NCc2ccc(-n3ccnc3C)cc2)S(C)(=O)=O)c1. The van der Waals surface area contributed by atoms with Gasteiger partial charge in [0.15, 0.2) is 0 Å². The zero-order chi connectivity index (χ0) is 21.7. The summed E-state index contributed by atoms with van der Waals surface area (Å²) in [6.07, 6.45) is 4.68. The van der Waals surface area contributed by atoms with E-state index in [2.05, 4.69) is 10.3 Å². The van der Waals surface area contributed by atoms with Crippen molar-refractivity contribution in [2.45, 2.75) is 13.5 Å². The molecule has 0 aliphatic rings. The number of imidazole rings is 1. The topological polar surface area (TPSA) is 93.5 Å². The number of hydrogen-bond acceptors (Lipinski definition) is 5. The molecule has 2 aromatic carbocycles. The fraction of sp³-hybridized carbons (Fsp3) is 0.238. The zero-order valence-electron chi connectivity index (χ0n) is 17.1. The molecule has 0 radical (unpaired) electrons. The van der Waals surface area contributed by atoms with Crippen LogP contribution in [0.1, 0.15) is 11.4 Å². The van der Waals surface area contributed by atoms with E-state index < -0.39 is 15.9 Å². The predicted molar refractivity (Wildman–Crippen MR) is 115 cm³/mol. The molecular weight excluding hydrogens is 404 g/mol. The van der Waals surface area contributed by atoms with Crippen molar-refractivity contribution in [1.82, 2.24) is 14.9 Å². The maximum atomic E-state index is 12.4. The molecule has 0 fully saturated rings. The number of ether oxygens (including phenoxy) is 1. The number of rotatable bonds is 8. The van der Waals surface area contributed by atoms with E-state index in [4.69, 9.17) is 4.74 Å². The number of aryl methyl sites for hydroxylation is 1. The third kappa shape index (κ3) is 5.18. The van der Waals surface area contributed by atoms with Crippen molar-refractivity contribution in [1.29, 1.82) is 0 Å². The first-order valence-corrected chi connectivity index (χ1v) is 11.1. The van der Waals surface area contributed by atoms with Crippen molar-refractivity contribution >= 4 is 21.6 Å². The number of nitrogens with one attached hydrogen (secondary N) is 1. The van der Waals surface area contributed by atoms with Crippen LogP contribution in [0.15, 0.2) is 60.9 Å². The van der Waals surface area contributed by atoms with E-state index in [0.717, 1.165) is 27.6 Å². The highest BCUT2D eigenvalue weighted by Gasteiger charge is 2.21. The Morgan fingerprint density at radius 1 is 1.20 bits per heavy atom. The standard InChI is InChI=1S/C21H24N4O4S/c1-16-22-11-12-24(16)18-9-7-17(8-10-18)14-23-21(26)15-25(30(3,27)28)19-5-4-6-20(13-19)29-2/h4-13H,14-15H2,1-3H3,(H,23,26). The molecule has 30 heavy (non-hydrogen) atoms. The van der Waals surface area contributed by atoms with Gasteiger partial charge in [0.2, 0.25) is 15.9 Å². The molecule has 0 saturated heterocycles. The van der Waals surface area contributed by atoms with Gasteiger partial charge in [-0.05, 0) is 36.8 Å². The van der Waals surface area contributed by atoms with Crippen LogP contribution in [-0.4, -0.2) is 43.8 Å². The summed E-state index contributed by atoms with van der Waals surface area (Å²) in [5.41, 5.74) is 2.24. The quantitative estimate of drug-likeness (QED) is 0.594. The monoisotopic (exact) mass is 428 g/mol. The van der Waals surface area contributed by atoms with Crippen LogP contribution in [-0.2, 0) is 21.4 Å². The molecule has 1 N–H and O–H groups in total. The first kappa shape index (κ1) is 21.4. The van der Waals surface area contributed by atoms with Crippen molar-refractivity contribution in [2.24, 2.45) is 0 Å². The van der Waals surface area contributed by atoms with E-state index in [-0.39, 0.29) is 13.1 Å². The maximum Gasteiger partial charge on any atom is 0.241 e. The Bertz CT molecular complexity index is 1120. The number of hydrogen-bond donors (Lipinski definition) is 1. The number of nitrogens with zero attached hydrogens (tertiary/aromatic N) is 3. The molecule has 1 aromatic heterocycles. The van der Waals surface area contributed by atoms with Crippen molar-refractivity contribution in [3.8, 4) is 11.4 Å². The number of methoxy groups -OCH3 is 1. The second kappa shape index (κ2) is 9.00. The summed E-state index contributed by atoms with van der Waals surface area (Å²) >= 11 is 0. The lowest BCUT2D eigenvalue weighted by Crippen LogP contribution is -2.40. The van der Waals surface area contributed by atoms with Gasteiger partial charge in [0.1, 0.15) is 18.1 Å². The molecular formula is C21H24N4O4S. The minimum absolute atomic E-state index is 0.289. The minimum Gasteiger partial charge on any atom is -0.497 e. The van der Waals surface area contributed by atoms with Crippen LogP contribution < -0.4 is 14.4 Å². The molecule has 158 valence electrons. The third-order valence-corrected chi connectivity index (χ3v) is 5.70. The van der Waals surface area contributed by atoms with E-state index in [1.165, 1.54) is 7.11 Å².